The van der Waals surface area contributed by atoms with Crippen LogP contribution in [0, 0.1) is 5.82 Å². The summed E-state index contributed by atoms with van der Waals surface area (Å²) in [7, 11) is -2.57. The molecule has 2 aromatic heterocycles. The molecule has 30 heavy (non-hydrogen) atoms. The van der Waals surface area contributed by atoms with Crippen molar-refractivity contribution in [2.45, 2.75) is 31.1 Å². The van der Waals surface area contributed by atoms with Crippen molar-refractivity contribution >= 4 is 44.2 Å². The maximum Gasteiger partial charge on any atom is 0.181 e. The molecule has 3 heterocycles. The van der Waals surface area contributed by atoms with Gasteiger partial charge in [-0.15, -0.1) is 11.3 Å². The van der Waals surface area contributed by atoms with Gasteiger partial charge in [0.25, 0.3) is 0 Å². The number of rotatable bonds is 3. The van der Waals surface area contributed by atoms with E-state index in [-0.39, 0.29) is 5.75 Å². The molecule has 0 amide bonds. The number of hydrogen-bond acceptors (Lipinski definition) is 6. The van der Waals surface area contributed by atoms with Crippen LogP contribution >= 0.6 is 22.9 Å². The zero-order valence-corrected chi connectivity index (χ0v) is 19.1. The molecule has 2 N–H and O–H groups in total. The van der Waals surface area contributed by atoms with E-state index in [1.54, 1.807) is 19.9 Å². The maximum absolute atomic E-state index is 14.3. The molecule has 0 radical (unpaired) electrons. The predicted octanol–water partition coefficient (Wildman–Crippen LogP) is 4.94. The van der Waals surface area contributed by atoms with E-state index in [0.29, 0.717) is 27.7 Å². The number of aromatic nitrogens is 1. The van der Waals surface area contributed by atoms with Crippen molar-refractivity contribution in [3.05, 3.63) is 52.6 Å². The molecule has 3 aromatic rings. The molecule has 0 fully saturated rings. The third kappa shape index (κ3) is 3.36. The Labute approximate surface area is 183 Å². The van der Waals surface area contributed by atoms with Crippen molar-refractivity contribution in [2.75, 3.05) is 5.75 Å². The zero-order valence-electron chi connectivity index (χ0n) is 16.7. The van der Waals surface area contributed by atoms with Gasteiger partial charge >= 0.3 is 0 Å². The Balaban J connectivity index is 1.81. The lowest BCUT2D eigenvalue weighted by Crippen LogP contribution is -2.54. The molecule has 4 rings (SSSR count). The summed E-state index contributed by atoms with van der Waals surface area (Å²) in [6.45, 7) is 5.44. The lowest BCUT2D eigenvalue weighted by Gasteiger charge is -2.40. The molecule has 1 unspecified atom stereocenters. The Kier molecular flexibility index (Phi) is 4.87. The number of thiophene rings is 1. The molecule has 1 aromatic carbocycles. The second-order valence-corrected chi connectivity index (χ2v) is 12.5. The first kappa shape index (κ1) is 21.1. The van der Waals surface area contributed by atoms with Crippen LogP contribution in [0.5, 0.6) is 0 Å². The molecular formula is C21H21ClFN3O2S2. The summed E-state index contributed by atoms with van der Waals surface area (Å²) in [5.41, 5.74) is 6.53. The molecule has 2 atom stereocenters. The second kappa shape index (κ2) is 6.93. The van der Waals surface area contributed by atoms with Gasteiger partial charge in [-0.3, -0.25) is 9.20 Å². The quantitative estimate of drug-likeness (QED) is 0.555. The average molecular weight is 466 g/mol. The molecule has 9 heteroatoms. The number of benzene rings is 1. The highest BCUT2D eigenvalue weighted by Gasteiger charge is 2.46. The second-order valence-electron chi connectivity index (χ2n) is 8.12. The summed E-state index contributed by atoms with van der Waals surface area (Å²) >= 11 is 7.95. The summed E-state index contributed by atoms with van der Waals surface area (Å²) in [5.74, 6) is 4.54. The van der Waals surface area contributed by atoms with Crippen molar-refractivity contribution in [1.82, 2.24) is 4.98 Å². The van der Waals surface area contributed by atoms with Gasteiger partial charge < -0.3 is 10.2 Å². The van der Waals surface area contributed by atoms with E-state index in [4.69, 9.17) is 21.8 Å². The molecule has 0 spiro atoms. The van der Waals surface area contributed by atoms with Crippen molar-refractivity contribution in [3.63, 3.8) is 0 Å². The van der Waals surface area contributed by atoms with Gasteiger partial charge in [-0.2, -0.15) is 0 Å². The average Bonchev–Trinajstić information content (AvgIpc) is 3.29. The topological polar surface area (TPSA) is 81.5 Å². The molecule has 1 aliphatic rings. The Morgan fingerprint density at radius 3 is 2.60 bits per heavy atom. The number of amidine groups is 1. The number of nitrogens with zero attached hydrogens (tertiary/aromatic N) is 2. The van der Waals surface area contributed by atoms with Gasteiger partial charge in [0.2, 0.25) is 0 Å². The third-order valence-electron chi connectivity index (χ3n) is 5.50. The summed E-state index contributed by atoms with van der Waals surface area (Å²) in [5, 5.41) is 0.467. The summed E-state index contributed by atoms with van der Waals surface area (Å²) < 4.78 is 32.1. The number of halogens is 2. The Bertz CT molecular complexity index is 1260. The minimum atomic E-state index is -2.57. The SMILES string of the molecule is C=S1(=O)C[C@@](C)(c2sc(-c3cc(F)cc(-c4cnco4)c3)cc2Cl)N=C(N)C1(C)C. The molecule has 0 bridgehead atoms. The fraction of sp³-hybridized carbons (Fsp3) is 0.286. The van der Waals surface area contributed by atoms with Gasteiger partial charge in [-0.05, 0) is 66.0 Å². The van der Waals surface area contributed by atoms with Crippen LogP contribution < -0.4 is 5.73 Å². The fourth-order valence-corrected chi connectivity index (χ4v) is 7.10. The zero-order chi connectivity index (χ0) is 21.9. The maximum atomic E-state index is 14.3. The number of hydrogen-bond donors (Lipinski definition) is 1. The van der Waals surface area contributed by atoms with E-state index in [0.717, 1.165) is 9.75 Å². The molecule has 158 valence electrons. The van der Waals surface area contributed by atoms with Gasteiger partial charge in [-0.1, -0.05) is 11.6 Å². The van der Waals surface area contributed by atoms with E-state index in [1.165, 1.54) is 36.1 Å². The standard InChI is InChI=1S/C21H21ClFN3O2S2/c1-20(2)19(24)26-21(3,10-30(20,4)27)18-15(22)8-17(29-18)13-5-12(6-14(23)7-13)16-9-25-11-28-16/h5-9,11H,4,10H2,1-3H3,(H2,24,26)/t21-,30?/m0/s1. The Morgan fingerprint density at radius 1 is 1.27 bits per heavy atom. The fourth-order valence-electron chi connectivity index (χ4n) is 3.48. The van der Waals surface area contributed by atoms with Gasteiger partial charge in [0.05, 0.1) is 20.8 Å². The van der Waals surface area contributed by atoms with Crippen LogP contribution in [-0.4, -0.2) is 31.4 Å². The first-order chi connectivity index (χ1) is 13.9. The van der Waals surface area contributed by atoms with Crippen LogP contribution in [0.2, 0.25) is 5.02 Å². The van der Waals surface area contributed by atoms with Crippen LogP contribution in [0.1, 0.15) is 25.6 Å². The van der Waals surface area contributed by atoms with E-state index in [9.17, 15) is 8.60 Å². The van der Waals surface area contributed by atoms with Gasteiger partial charge in [-0.25, -0.2) is 9.37 Å². The Morgan fingerprint density at radius 2 is 1.97 bits per heavy atom. The van der Waals surface area contributed by atoms with Crippen LogP contribution in [0.3, 0.4) is 0 Å². The Hall–Kier alpha value is -2.16. The number of oxazole rings is 1. The molecular weight excluding hydrogens is 445 g/mol. The lowest BCUT2D eigenvalue weighted by atomic mass is 10.0. The van der Waals surface area contributed by atoms with Crippen molar-refractivity contribution in [1.29, 1.82) is 0 Å². The first-order valence-corrected chi connectivity index (χ1v) is 12.2. The highest BCUT2D eigenvalue weighted by atomic mass is 35.5. The molecule has 1 aliphatic heterocycles. The molecule has 0 saturated carbocycles. The highest BCUT2D eigenvalue weighted by Crippen LogP contribution is 2.46. The van der Waals surface area contributed by atoms with Gasteiger partial charge in [0, 0.05) is 16.2 Å². The van der Waals surface area contributed by atoms with Crippen molar-refractivity contribution in [3.8, 4) is 21.8 Å². The minimum Gasteiger partial charge on any atom is -0.444 e. The minimum absolute atomic E-state index is 0.222. The lowest BCUT2D eigenvalue weighted by molar-refractivity contribution is 0.543. The van der Waals surface area contributed by atoms with E-state index < -0.39 is 25.6 Å². The molecule has 0 saturated heterocycles. The van der Waals surface area contributed by atoms with Crippen LogP contribution in [0.4, 0.5) is 4.39 Å². The van der Waals surface area contributed by atoms with Crippen LogP contribution in [0.15, 0.2) is 46.3 Å². The highest BCUT2D eigenvalue weighted by molar-refractivity contribution is 8.02. The normalized spacial score (nSPS) is 25.8. The number of nitrogens with two attached hydrogens (primary N) is 1. The van der Waals surface area contributed by atoms with Crippen LogP contribution in [-0.2, 0) is 15.1 Å². The van der Waals surface area contributed by atoms with E-state index in [1.807, 2.05) is 13.0 Å². The first-order valence-electron chi connectivity index (χ1n) is 9.13. The van der Waals surface area contributed by atoms with Gasteiger partial charge in [0.15, 0.2) is 12.2 Å². The smallest absolute Gasteiger partial charge is 0.181 e. The monoisotopic (exact) mass is 465 g/mol. The van der Waals surface area contributed by atoms with E-state index >= 15 is 0 Å². The molecule has 5 nitrogen and oxygen atoms in total. The van der Waals surface area contributed by atoms with Crippen LogP contribution in [0.25, 0.3) is 21.8 Å². The van der Waals surface area contributed by atoms with E-state index in [2.05, 4.69) is 15.8 Å². The molecule has 0 aliphatic carbocycles. The van der Waals surface area contributed by atoms with Gasteiger partial charge in [0.1, 0.15) is 17.2 Å². The number of aliphatic imine (C=N–C) groups is 1. The van der Waals surface area contributed by atoms with Crippen molar-refractivity contribution < 1.29 is 13.0 Å². The van der Waals surface area contributed by atoms with Crippen molar-refractivity contribution in [2.24, 2.45) is 10.7 Å². The summed E-state index contributed by atoms with van der Waals surface area (Å²) in [4.78, 5) is 10.0. The summed E-state index contributed by atoms with van der Waals surface area (Å²) in [6, 6.07) is 6.39. The summed E-state index contributed by atoms with van der Waals surface area (Å²) in [6.07, 6.45) is 2.82. The predicted molar refractivity (Wildman–Crippen MR) is 123 cm³/mol. The largest absolute Gasteiger partial charge is 0.444 e. The third-order valence-corrected chi connectivity index (χ3v) is 10.4.